The summed E-state index contributed by atoms with van der Waals surface area (Å²) in [7, 11) is 2.94. The summed E-state index contributed by atoms with van der Waals surface area (Å²) < 4.78 is 79.3. The van der Waals surface area contributed by atoms with Gasteiger partial charge in [-0.05, 0) is 128 Å². The van der Waals surface area contributed by atoms with Crippen LogP contribution in [0.4, 0.5) is 8.78 Å². The summed E-state index contributed by atoms with van der Waals surface area (Å²) in [6, 6.07) is 15.3. The van der Waals surface area contributed by atoms with Crippen molar-refractivity contribution in [2.45, 2.75) is 110 Å². The third-order valence-electron chi connectivity index (χ3n) is 12.7. The van der Waals surface area contributed by atoms with E-state index in [2.05, 4.69) is 65.9 Å². The number of hydrogen-bond acceptors (Lipinski definition) is 11. The minimum atomic E-state index is -3.78. The summed E-state index contributed by atoms with van der Waals surface area (Å²) in [5, 5.41) is 10.6. The number of aliphatic hydroxyl groups excluding tert-OH is 1. The number of nitrogens with zero attached hydrogens (tertiary/aromatic N) is 2. The molecule has 4 aliphatic rings. The molecular formula is C50H76F2N2O9S. The van der Waals surface area contributed by atoms with Gasteiger partial charge in [0.1, 0.15) is 13.3 Å². The summed E-state index contributed by atoms with van der Waals surface area (Å²) >= 11 is 0. The Kier molecular flexibility index (Phi) is 20.6. The number of methoxy groups -OCH3 is 4. The molecule has 4 heterocycles. The number of rotatable bonds is 15. The average molecular weight is 917 g/mol. The summed E-state index contributed by atoms with van der Waals surface area (Å²) in [5.41, 5.74) is 6.23. The number of alkyl halides is 2. The van der Waals surface area contributed by atoms with E-state index in [1.54, 1.807) is 40.6 Å². The normalized spacial score (nSPS) is 22.8. The fourth-order valence-electron chi connectivity index (χ4n) is 9.81. The Labute approximate surface area is 382 Å². The van der Waals surface area contributed by atoms with Crippen LogP contribution in [0.3, 0.4) is 0 Å². The zero-order valence-corrected chi connectivity index (χ0v) is 39.7. The first kappa shape index (κ1) is 53.1. The lowest BCUT2D eigenvalue weighted by atomic mass is 9.79. The van der Waals surface area contributed by atoms with Crippen LogP contribution in [0.2, 0.25) is 0 Å². The zero-order chi connectivity index (χ0) is 45.8. The summed E-state index contributed by atoms with van der Waals surface area (Å²) in [6.45, 7) is 13.5. The molecule has 2 saturated heterocycles. The van der Waals surface area contributed by atoms with Crippen LogP contribution < -0.4 is 18.9 Å². The smallest absolute Gasteiger partial charge is 0.297 e. The Morgan fingerprint density at radius 1 is 0.688 bits per heavy atom. The fourth-order valence-corrected chi connectivity index (χ4v) is 10.7. The van der Waals surface area contributed by atoms with Gasteiger partial charge in [-0.25, -0.2) is 8.78 Å². The lowest BCUT2D eigenvalue weighted by molar-refractivity contribution is -0.0665. The first-order valence-corrected chi connectivity index (χ1v) is 23.9. The first-order chi connectivity index (χ1) is 30.2. The molecule has 1 N–H and O–H groups in total. The second-order valence-corrected chi connectivity index (χ2v) is 19.6. The van der Waals surface area contributed by atoms with E-state index >= 15 is 0 Å². The van der Waals surface area contributed by atoms with Crippen molar-refractivity contribution in [3.8, 4) is 23.0 Å². The van der Waals surface area contributed by atoms with Crippen molar-refractivity contribution in [3.63, 3.8) is 0 Å². The molecule has 360 valence electrons. The van der Waals surface area contributed by atoms with Gasteiger partial charge in [-0.3, -0.25) is 14.0 Å². The van der Waals surface area contributed by atoms with Crippen molar-refractivity contribution < 1.29 is 50.2 Å². The van der Waals surface area contributed by atoms with Gasteiger partial charge in [-0.1, -0.05) is 52.8 Å². The maximum Gasteiger partial charge on any atom is 0.297 e. The van der Waals surface area contributed by atoms with Crippen molar-refractivity contribution in [1.82, 2.24) is 9.80 Å². The van der Waals surface area contributed by atoms with Gasteiger partial charge >= 0.3 is 0 Å². The minimum Gasteiger partial charge on any atom is -0.493 e. The highest BCUT2D eigenvalue weighted by Crippen LogP contribution is 2.45. The second kappa shape index (κ2) is 24.8. The number of piperidine rings is 2. The summed E-state index contributed by atoms with van der Waals surface area (Å²) in [6.07, 6.45) is 5.93. The van der Waals surface area contributed by atoms with Crippen molar-refractivity contribution in [3.05, 3.63) is 76.3 Å². The molecule has 3 aromatic carbocycles. The van der Waals surface area contributed by atoms with Gasteiger partial charge in [0.05, 0.1) is 58.8 Å². The molecule has 0 unspecified atom stereocenters. The Balaban J connectivity index is 0.000000218. The number of ether oxygens (including phenoxy) is 5. The average Bonchev–Trinajstić information content (AvgIpc) is 3.27. The monoisotopic (exact) mass is 917 g/mol. The standard InChI is InChI=1S/C21H32FNO3.C19H29NO3.C9H11FO3S.CH4/c1-14(2)9-16-13-23-7-5-15-10-20(24-3)21(25-4)11-17(15)18(23)12-19(16)26-8-6-22;1-12(2)7-14-11-20-6-5-13-8-18(22-3)19(23-4)9-15(13)16(20)10-17(14)21;1-8-2-4-9(5-3-8)14(11,12)13-7-6-10;/h10-11,14,16,18-19H,5-9,12-13H2,1-4H3;8-9,12,14,16-17,21H,5-7,10-11H2,1-4H3;2-5H,6-7H2,1H3;1H4/t16-,18-,19-;14-,16-,17-;;/m11../s1/i22-1;;10-1;. The van der Waals surface area contributed by atoms with Gasteiger partial charge in [0.15, 0.2) is 23.0 Å². The van der Waals surface area contributed by atoms with Crippen molar-refractivity contribution in [1.29, 1.82) is 0 Å². The molecule has 64 heavy (non-hydrogen) atoms. The lowest BCUT2D eigenvalue weighted by Gasteiger charge is -2.47. The Bertz CT molecular complexity index is 2000. The molecule has 7 rings (SSSR count). The highest BCUT2D eigenvalue weighted by Gasteiger charge is 2.41. The van der Waals surface area contributed by atoms with Gasteiger partial charge in [0, 0.05) is 38.3 Å². The predicted molar refractivity (Wildman–Crippen MR) is 249 cm³/mol. The van der Waals surface area contributed by atoms with Crippen LogP contribution in [0, 0.1) is 30.6 Å². The van der Waals surface area contributed by atoms with Crippen LogP contribution in [0.1, 0.15) is 101 Å². The molecule has 6 atom stereocenters. The molecule has 11 nitrogen and oxygen atoms in total. The van der Waals surface area contributed by atoms with Crippen LogP contribution in [0.25, 0.3) is 0 Å². The quantitative estimate of drug-likeness (QED) is 0.147. The fraction of sp³-hybridized carbons (Fsp3) is 0.640. The van der Waals surface area contributed by atoms with Crippen LogP contribution in [-0.2, 0) is 31.9 Å². The SMILES string of the molecule is C.COc1cc2c(cc1OC)[C@H]1C[C@@H](O)[C@H](CC(C)C)CN1CC2.COc1cc2c(cc1OC)[C@H]1C[C@@H](OCC[18F])[C@H](CC(C)C)CN1CC2.Cc1ccc(S(=O)(=O)OCC[18F])cc1. The Morgan fingerprint density at radius 3 is 1.61 bits per heavy atom. The molecule has 14 heteroatoms. The number of fused-ring (bicyclic) bond motifs is 6. The van der Waals surface area contributed by atoms with Gasteiger partial charge in [0.25, 0.3) is 10.1 Å². The van der Waals surface area contributed by atoms with E-state index in [0.29, 0.717) is 35.8 Å². The molecule has 2 fully saturated rings. The number of benzene rings is 3. The Hall–Kier alpha value is -3.53. The van der Waals surface area contributed by atoms with Crippen molar-refractivity contribution in [2.24, 2.45) is 23.7 Å². The first-order valence-electron chi connectivity index (χ1n) is 22.5. The van der Waals surface area contributed by atoms with Gasteiger partial charge < -0.3 is 28.8 Å². The number of aliphatic hydroxyl groups is 1. The molecular weight excluding hydrogens is 841 g/mol. The Morgan fingerprint density at radius 2 is 1.14 bits per heavy atom. The largest absolute Gasteiger partial charge is 0.493 e. The second-order valence-electron chi connectivity index (χ2n) is 18.0. The molecule has 0 amide bonds. The lowest BCUT2D eigenvalue weighted by Crippen LogP contribution is -2.49. The molecule has 0 spiro atoms. The summed E-state index contributed by atoms with van der Waals surface area (Å²) in [4.78, 5) is 5.18. The highest BCUT2D eigenvalue weighted by molar-refractivity contribution is 7.86. The zero-order valence-electron chi connectivity index (χ0n) is 38.9. The van der Waals surface area contributed by atoms with E-state index in [1.165, 1.54) is 34.4 Å². The van der Waals surface area contributed by atoms with Gasteiger partial charge in [0.2, 0.25) is 0 Å². The molecule has 0 saturated carbocycles. The van der Waals surface area contributed by atoms with Crippen LogP contribution >= 0.6 is 0 Å². The molecule has 0 radical (unpaired) electrons. The third kappa shape index (κ3) is 13.5. The van der Waals surface area contributed by atoms with E-state index in [1.807, 2.05) is 6.92 Å². The maximum atomic E-state index is 12.7. The van der Waals surface area contributed by atoms with E-state index in [4.69, 9.17) is 23.7 Å². The number of hydrogen-bond donors (Lipinski definition) is 1. The number of aryl methyl sites for hydroxylation is 1. The molecule has 0 aliphatic carbocycles. The topological polar surface area (TPSA) is 116 Å². The highest BCUT2D eigenvalue weighted by atomic mass is 32.2. The van der Waals surface area contributed by atoms with Crippen LogP contribution in [-0.4, -0.2) is 117 Å². The van der Waals surface area contributed by atoms with E-state index in [-0.39, 0.29) is 31.1 Å². The van der Waals surface area contributed by atoms with Crippen molar-refractivity contribution >= 4 is 10.1 Å². The molecule has 4 aliphatic heterocycles. The van der Waals surface area contributed by atoms with Gasteiger partial charge in [-0.2, -0.15) is 8.42 Å². The molecule has 0 aromatic heterocycles. The minimum absolute atomic E-state index is 0. The molecule has 0 bridgehead atoms. The molecule has 3 aromatic rings. The maximum absolute atomic E-state index is 12.7. The summed E-state index contributed by atoms with van der Waals surface area (Å²) in [5.74, 6) is 5.27. The van der Waals surface area contributed by atoms with E-state index in [9.17, 15) is 22.3 Å². The van der Waals surface area contributed by atoms with E-state index < -0.39 is 30.1 Å². The van der Waals surface area contributed by atoms with Crippen LogP contribution in [0.15, 0.2) is 53.4 Å². The van der Waals surface area contributed by atoms with E-state index in [0.717, 1.165) is 93.3 Å². The van der Waals surface area contributed by atoms with Crippen LogP contribution in [0.5, 0.6) is 23.0 Å². The number of halogens is 2. The van der Waals surface area contributed by atoms with Crippen molar-refractivity contribution in [2.75, 3.05) is 81.2 Å². The van der Waals surface area contributed by atoms with Gasteiger partial charge in [-0.15, -0.1) is 0 Å². The predicted octanol–water partition coefficient (Wildman–Crippen LogP) is 9.36. The third-order valence-corrected chi connectivity index (χ3v) is 14.1.